The lowest BCUT2D eigenvalue weighted by Gasteiger charge is -2.12. The van der Waals surface area contributed by atoms with Gasteiger partial charge >= 0.3 is 5.97 Å². The van der Waals surface area contributed by atoms with Gasteiger partial charge in [-0.05, 0) is 24.8 Å². The van der Waals surface area contributed by atoms with Gasteiger partial charge in [0, 0.05) is 30.8 Å². The fourth-order valence-electron chi connectivity index (χ4n) is 1.71. The van der Waals surface area contributed by atoms with Crippen LogP contribution in [0.1, 0.15) is 16.8 Å². The van der Waals surface area contributed by atoms with E-state index in [0.717, 1.165) is 11.3 Å². The molecule has 0 aliphatic heterocycles. The first-order chi connectivity index (χ1) is 9.70. The van der Waals surface area contributed by atoms with Gasteiger partial charge < -0.3 is 19.9 Å². The Hall–Kier alpha value is -1.24. The number of anilines is 1. The van der Waals surface area contributed by atoms with Crippen LogP contribution in [0.25, 0.3) is 0 Å². The molecule has 112 valence electrons. The first kappa shape index (κ1) is 16.8. The lowest BCUT2D eigenvalue weighted by Crippen LogP contribution is -2.11. The minimum absolute atomic E-state index is 0.334. The van der Waals surface area contributed by atoms with Crippen molar-refractivity contribution in [2.75, 3.05) is 45.0 Å². The summed E-state index contributed by atoms with van der Waals surface area (Å²) in [6.45, 7) is 2.47. The summed E-state index contributed by atoms with van der Waals surface area (Å²) in [6, 6.07) is 5.46. The Kier molecular flexibility index (Phi) is 8.10. The molecule has 0 amide bonds. The number of nitrogens with one attached hydrogen (secondary N) is 1. The Bertz CT molecular complexity index is 426. The number of aromatic carboxylic acids is 1. The molecule has 0 unspecified atom stereocenters. The van der Waals surface area contributed by atoms with E-state index in [0.29, 0.717) is 37.6 Å². The molecule has 1 aromatic carbocycles. The molecule has 0 atom stereocenters. The third kappa shape index (κ3) is 5.40. The summed E-state index contributed by atoms with van der Waals surface area (Å²) < 4.78 is 10.2. The standard InChI is InChI=1S/C14H21NO4S/c1-18-9-10-19-8-4-7-15-11-5-3-6-12(20-2)13(11)14(16)17/h3,5-6,15H,4,7-10H2,1-2H3,(H,16,17). The molecule has 0 saturated carbocycles. The molecule has 0 bridgehead atoms. The van der Waals surface area contributed by atoms with Gasteiger partial charge in [0.2, 0.25) is 0 Å². The number of rotatable bonds is 10. The van der Waals surface area contributed by atoms with E-state index in [2.05, 4.69) is 5.32 Å². The van der Waals surface area contributed by atoms with Crippen molar-refractivity contribution in [3.8, 4) is 0 Å². The Morgan fingerprint density at radius 1 is 1.35 bits per heavy atom. The summed E-state index contributed by atoms with van der Waals surface area (Å²) in [5.74, 6) is -0.909. The van der Waals surface area contributed by atoms with Crippen LogP contribution in [0.3, 0.4) is 0 Å². The van der Waals surface area contributed by atoms with Gasteiger partial charge in [0.1, 0.15) is 0 Å². The van der Waals surface area contributed by atoms with Gasteiger partial charge in [0.05, 0.1) is 18.8 Å². The number of hydrogen-bond acceptors (Lipinski definition) is 5. The third-order valence-electron chi connectivity index (χ3n) is 2.67. The highest BCUT2D eigenvalue weighted by atomic mass is 32.2. The van der Waals surface area contributed by atoms with Gasteiger partial charge in [-0.15, -0.1) is 11.8 Å². The highest BCUT2D eigenvalue weighted by Gasteiger charge is 2.14. The molecule has 1 aromatic rings. The van der Waals surface area contributed by atoms with Crippen LogP contribution in [-0.4, -0.2) is 50.8 Å². The van der Waals surface area contributed by atoms with Crippen LogP contribution in [0.5, 0.6) is 0 Å². The topological polar surface area (TPSA) is 67.8 Å². The number of methoxy groups -OCH3 is 1. The van der Waals surface area contributed by atoms with E-state index >= 15 is 0 Å². The van der Waals surface area contributed by atoms with Gasteiger partial charge in [0.25, 0.3) is 0 Å². The quantitative estimate of drug-likeness (QED) is 0.511. The van der Waals surface area contributed by atoms with Crippen molar-refractivity contribution in [2.45, 2.75) is 11.3 Å². The summed E-state index contributed by atoms with van der Waals surface area (Å²) in [5.41, 5.74) is 0.988. The maximum Gasteiger partial charge on any atom is 0.338 e. The van der Waals surface area contributed by atoms with Crippen LogP contribution in [0.4, 0.5) is 5.69 Å². The van der Waals surface area contributed by atoms with Gasteiger partial charge in [0.15, 0.2) is 0 Å². The smallest absolute Gasteiger partial charge is 0.338 e. The second-order valence-electron chi connectivity index (χ2n) is 4.07. The largest absolute Gasteiger partial charge is 0.478 e. The Morgan fingerprint density at radius 3 is 2.80 bits per heavy atom. The minimum atomic E-state index is -0.909. The van der Waals surface area contributed by atoms with E-state index in [9.17, 15) is 9.90 Å². The number of benzene rings is 1. The van der Waals surface area contributed by atoms with Crippen molar-refractivity contribution >= 4 is 23.4 Å². The van der Waals surface area contributed by atoms with E-state index in [-0.39, 0.29) is 0 Å². The van der Waals surface area contributed by atoms with Crippen LogP contribution in [0.2, 0.25) is 0 Å². The zero-order chi connectivity index (χ0) is 14.8. The van der Waals surface area contributed by atoms with Crippen LogP contribution in [-0.2, 0) is 9.47 Å². The molecule has 5 nitrogen and oxygen atoms in total. The maximum atomic E-state index is 11.3. The van der Waals surface area contributed by atoms with Gasteiger partial charge in [-0.25, -0.2) is 4.79 Å². The van der Waals surface area contributed by atoms with E-state index in [1.165, 1.54) is 11.8 Å². The molecule has 0 aromatic heterocycles. The number of hydrogen-bond donors (Lipinski definition) is 2. The summed E-state index contributed by atoms with van der Waals surface area (Å²) in [4.78, 5) is 12.1. The molecule has 0 radical (unpaired) electrons. The van der Waals surface area contributed by atoms with E-state index in [1.54, 1.807) is 13.2 Å². The Labute approximate surface area is 123 Å². The molecular weight excluding hydrogens is 278 g/mol. The number of carboxylic acids is 1. The summed E-state index contributed by atoms with van der Waals surface area (Å²) in [6.07, 6.45) is 2.68. The predicted octanol–water partition coefficient (Wildman–Crippen LogP) is 2.57. The van der Waals surface area contributed by atoms with Crippen molar-refractivity contribution < 1.29 is 19.4 Å². The molecule has 0 spiro atoms. The zero-order valence-corrected chi connectivity index (χ0v) is 12.7. The molecule has 20 heavy (non-hydrogen) atoms. The molecule has 2 N–H and O–H groups in total. The molecule has 6 heteroatoms. The van der Waals surface area contributed by atoms with Crippen LogP contribution >= 0.6 is 11.8 Å². The third-order valence-corrected chi connectivity index (χ3v) is 3.45. The number of ether oxygens (including phenoxy) is 2. The number of thioether (sulfide) groups is 1. The second kappa shape index (κ2) is 9.63. The normalized spacial score (nSPS) is 10.5. The molecule has 0 aliphatic rings. The van der Waals surface area contributed by atoms with Gasteiger partial charge in [-0.1, -0.05) is 6.07 Å². The molecular formula is C14H21NO4S. The zero-order valence-electron chi connectivity index (χ0n) is 11.8. The van der Waals surface area contributed by atoms with Gasteiger partial charge in [-0.2, -0.15) is 0 Å². The molecule has 0 fully saturated rings. The first-order valence-corrected chi connectivity index (χ1v) is 7.64. The van der Waals surface area contributed by atoms with Crippen molar-refractivity contribution in [3.05, 3.63) is 23.8 Å². The van der Waals surface area contributed by atoms with Crippen molar-refractivity contribution in [3.63, 3.8) is 0 Å². The van der Waals surface area contributed by atoms with Crippen molar-refractivity contribution in [1.29, 1.82) is 0 Å². The molecule has 1 rings (SSSR count). The SMILES string of the molecule is COCCOCCCNc1cccc(SC)c1C(=O)O. The minimum Gasteiger partial charge on any atom is -0.478 e. The van der Waals surface area contributed by atoms with E-state index in [1.807, 2.05) is 18.4 Å². The van der Waals surface area contributed by atoms with E-state index < -0.39 is 5.97 Å². The fourth-order valence-corrected chi connectivity index (χ4v) is 2.33. The number of carboxylic acid groups (broad SMARTS) is 1. The molecule has 0 heterocycles. The van der Waals surface area contributed by atoms with Gasteiger partial charge in [-0.3, -0.25) is 0 Å². The molecule has 0 saturated heterocycles. The second-order valence-corrected chi connectivity index (χ2v) is 4.92. The highest BCUT2D eigenvalue weighted by Crippen LogP contribution is 2.27. The number of carbonyl (C=O) groups is 1. The lowest BCUT2D eigenvalue weighted by atomic mass is 10.1. The van der Waals surface area contributed by atoms with E-state index in [4.69, 9.17) is 9.47 Å². The predicted molar refractivity (Wildman–Crippen MR) is 81.0 cm³/mol. The first-order valence-electron chi connectivity index (χ1n) is 6.41. The average Bonchev–Trinajstić information content (AvgIpc) is 2.45. The highest BCUT2D eigenvalue weighted by molar-refractivity contribution is 7.98. The van der Waals surface area contributed by atoms with Crippen LogP contribution in [0.15, 0.2) is 23.1 Å². The Morgan fingerprint density at radius 2 is 2.15 bits per heavy atom. The monoisotopic (exact) mass is 299 g/mol. The average molecular weight is 299 g/mol. The molecule has 0 aliphatic carbocycles. The maximum absolute atomic E-state index is 11.3. The van der Waals surface area contributed by atoms with Crippen molar-refractivity contribution in [1.82, 2.24) is 0 Å². The Balaban J connectivity index is 2.45. The summed E-state index contributed by atoms with van der Waals surface area (Å²) in [7, 11) is 1.64. The summed E-state index contributed by atoms with van der Waals surface area (Å²) in [5, 5.41) is 12.4. The lowest BCUT2D eigenvalue weighted by molar-refractivity contribution is 0.0693. The fraction of sp³-hybridized carbons (Fsp3) is 0.500. The van der Waals surface area contributed by atoms with Crippen molar-refractivity contribution in [2.24, 2.45) is 0 Å². The van der Waals surface area contributed by atoms with Crippen LogP contribution < -0.4 is 5.32 Å². The van der Waals surface area contributed by atoms with Crippen LogP contribution in [0, 0.1) is 0 Å². The summed E-state index contributed by atoms with van der Waals surface area (Å²) >= 11 is 1.43.